The van der Waals surface area contributed by atoms with Crippen molar-refractivity contribution in [2.24, 2.45) is 5.73 Å². The smallest absolute Gasteiger partial charge is 0.250 e. The first-order valence-electron chi connectivity index (χ1n) is 3.93. The minimum absolute atomic E-state index is 0.0230. The number of nitrogens with two attached hydrogens (primary N) is 2. The van der Waals surface area contributed by atoms with E-state index in [4.69, 9.17) is 11.5 Å². The molecule has 1 rings (SSSR count). The lowest BCUT2D eigenvalue weighted by Gasteiger charge is -2.07. The fourth-order valence-corrected chi connectivity index (χ4v) is 1.17. The summed E-state index contributed by atoms with van der Waals surface area (Å²) in [5, 5.41) is 0. The topological polar surface area (TPSA) is 69.1 Å². The van der Waals surface area contributed by atoms with Crippen LogP contribution in [0.25, 0.3) is 0 Å². The highest BCUT2D eigenvalue weighted by molar-refractivity contribution is 5.98. The quantitative estimate of drug-likeness (QED) is 0.722. The Morgan fingerprint density at radius 3 is 2.14 bits per heavy atom. The Balaban J connectivity index is 3.30. The molecule has 1 aromatic carbocycles. The van der Waals surface area contributed by atoms with Crippen LogP contribution < -0.4 is 11.5 Å². The Labute approximate surface area is 79.7 Å². The van der Waals surface area contributed by atoms with Crippen molar-refractivity contribution in [3.8, 4) is 0 Å². The zero-order valence-electron chi connectivity index (χ0n) is 7.39. The van der Waals surface area contributed by atoms with E-state index in [0.717, 1.165) is 0 Å². The number of rotatable bonds is 3. The molecular weight excluding hydrogens is 190 g/mol. The predicted molar refractivity (Wildman–Crippen MR) is 49.0 cm³/mol. The van der Waals surface area contributed by atoms with Crippen LogP contribution in [-0.4, -0.2) is 5.91 Å². The van der Waals surface area contributed by atoms with Gasteiger partial charge in [-0.15, -0.1) is 0 Å². The monoisotopic (exact) mass is 200 g/mol. The molecule has 3 nitrogen and oxygen atoms in total. The molecule has 0 spiro atoms. The number of benzene rings is 1. The van der Waals surface area contributed by atoms with Crippen LogP contribution in [0, 0.1) is 0 Å². The molecule has 14 heavy (non-hydrogen) atoms. The first kappa shape index (κ1) is 10.4. The lowest BCUT2D eigenvalue weighted by molar-refractivity contribution is 0.100. The van der Waals surface area contributed by atoms with Crippen molar-refractivity contribution in [2.75, 3.05) is 5.73 Å². The van der Waals surface area contributed by atoms with Crippen LogP contribution in [-0.2, 0) is 13.3 Å². The largest absolute Gasteiger partial charge is 0.398 e. The second-order valence-corrected chi connectivity index (χ2v) is 2.84. The number of amides is 1. The minimum Gasteiger partial charge on any atom is -0.398 e. The van der Waals surface area contributed by atoms with Crippen molar-refractivity contribution < 1.29 is 13.6 Å². The second-order valence-electron chi connectivity index (χ2n) is 2.84. The molecule has 1 aromatic rings. The fourth-order valence-electron chi connectivity index (χ4n) is 1.17. The van der Waals surface area contributed by atoms with Gasteiger partial charge in [-0.2, -0.15) is 0 Å². The average Bonchev–Trinajstić information content (AvgIpc) is 2.16. The summed E-state index contributed by atoms with van der Waals surface area (Å²) in [5.74, 6) is -0.748. The van der Waals surface area contributed by atoms with Crippen LogP contribution in [0.15, 0.2) is 12.1 Å². The predicted octanol–water partition coefficient (Wildman–Crippen LogP) is 1.31. The Morgan fingerprint density at radius 1 is 1.21 bits per heavy atom. The first-order valence-corrected chi connectivity index (χ1v) is 3.93. The number of carbonyl (C=O) groups is 1. The molecule has 76 valence electrons. The van der Waals surface area contributed by atoms with Gasteiger partial charge in [0.2, 0.25) is 0 Å². The summed E-state index contributed by atoms with van der Waals surface area (Å²) in [5.41, 5.74) is 10.8. The van der Waals surface area contributed by atoms with Crippen molar-refractivity contribution in [3.05, 3.63) is 28.8 Å². The average molecular weight is 200 g/mol. The zero-order chi connectivity index (χ0) is 10.7. The van der Waals surface area contributed by atoms with Gasteiger partial charge in [-0.3, -0.25) is 4.79 Å². The highest BCUT2D eigenvalue weighted by Gasteiger charge is 2.11. The number of alkyl halides is 2. The molecule has 4 N–H and O–H groups in total. The van der Waals surface area contributed by atoms with Gasteiger partial charge in [-0.25, -0.2) is 8.78 Å². The van der Waals surface area contributed by atoms with Gasteiger partial charge in [-0.1, -0.05) is 0 Å². The number of nitrogen functional groups attached to an aromatic ring is 1. The number of anilines is 1. The summed E-state index contributed by atoms with van der Waals surface area (Å²) in [7, 11) is 0. The van der Waals surface area contributed by atoms with E-state index in [9.17, 15) is 13.6 Å². The molecule has 0 bridgehead atoms. The molecule has 0 radical (unpaired) electrons. The second kappa shape index (κ2) is 4.04. The van der Waals surface area contributed by atoms with Crippen LogP contribution in [0.1, 0.15) is 21.5 Å². The zero-order valence-corrected chi connectivity index (χ0v) is 7.39. The molecule has 0 heterocycles. The van der Waals surface area contributed by atoms with Gasteiger partial charge in [-0.05, 0) is 23.3 Å². The Kier molecular flexibility index (Phi) is 3.01. The Hall–Kier alpha value is -1.65. The van der Waals surface area contributed by atoms with Crippen LogP contribution in [0.3, 0.4) is 0 Å². The third kappa shape index (κ3) is 1.81. The minimum atomic E-state index is -0.847. The van der Waals surface area contributed by atoms with Crippen molar-refractivity contribution in [3.63, 3.8) is 0 Å². The molecule has 0 aliphatic rings. The number of hydrogen-bond acceptors (Lipinski definition) is 2. The van der Waals surface area contributed by atoms with E-state index >= 15 is 0 Å². The van der Waals surface area contributed by atoms with E-state index in [1.807, 2.05) is 0 Å². The molecule has 0 saturated carbocycles. The van der Waals surface area contributed by atoms with Gasteiger partial charge in [0.1, 0.15) is 13.3 Å². The molecule has 0 atom stereocenters. The van der Waals surface area contributed by atoms with Gasteiger partial charge in [0.25, 0.3) is 5.91 Å². The normalized spacial score (nSPS) is 10.1. The van der Waals surface area contributed by atoms with E-state index in [1.165, 1.54) is 12.1 Å². The third-order valence-electron chi connectivity index (χ3n) is 1.93. The van der Waals surface area contributed by atoms with E-state index in [-0.39, 0.29) is 22.4 Å². The molecule has 0 fully saturated rings. The summed E-state index contributed by atoms with van der Waals surface area (Å²) in [4.78, 5) is 10.8. The van der Waals surface area contributed by atoms with E-state index in [0.29, 0.717) is 0 Å². The van der Waals surface area contributed by atoms with Gasteiger partial charge >= 0.3 is 0 Å². The number of carbonyl (C=O) groups excluding carboxylic acids is 1. The highest BCUT2D eigenvalue weighted by Crippen LogP contribution is 2.20. The molecule has 0 aromatic heterocycles. The van der Waals surface area contributed by atoms with Crippen molar-refractivity contribution in [2.45, 2.75) is 13.3 Å². The molecule has 5 heteroatoms. The van der Waals surface area contributed by atoms with Crippen molar-refractivity contribution in [1.29, 1.82) is 0 Å². The summed E-state index contributed by atoms with van der Waals surface area (Å²) in [6.45, 7) is -1.66. The lowest BCUT2D eigenvalue weighted by atomic mass is 10.0. The maximum Gasteiger partial charge on any atom is 0.250 e. The molecular formula is C9H10F2N2O. The van der Waals surface area contributed by atoms with Gasteiger partial charge in [0, 0.05) is 5.69 Å². The van der Waals surface area contributed by atoms with E-state index in [2.05, 4.69) is 0 Å². The van der Waals surface area contributed by atoms with Gasteiger partial charge in [0.15, 0.2) is 0 Å². The molecule has 0 aliphatic heterocycles. The maximum absolute atomic E-state index is 12.4. The molecule has 0 unspecified atom stereocenters. The van der Waals surface area contributed by atoms with Gasteiger partial charge < -0.3 is 11.5 Å². The third-order valence-corrected chi connectivity index (χ3v) is 1.93. The van der Waals surface area contributed by atoms with Crippen LogP contribution in [0.2, 0.25) is 0 Å². The molecule has 0 aliphatic carbocycles. The fraction of sp³-hybridized carbons (Fsp3) is 0.222. The first-order chi connectivity index (χ1) is 6.60. The molecule has 1 amide bonds. The number of hydrogen-bond donors (Lipinski definition) is 2. The maximum atomic E-state index is 12.4. The van der Waals surface area contributed by atoms with Crippen LogP contribution >= 0.6 is 0 Å². The Morgan fingerprint density at radius 2 is 1.71 bits per heavy atom. The van der Waals surface area contributed by atoms with Crippen molar-refractivity contribution in [1.82, 2.24) is 0 Å². The summed E-state index contributed by atoms with van der Waals surface area (Å²) >= 11 is 0. The number of halogens is 2. The van der Waals surface area contributed by atoms with Gasteiger partial charge in [0.05, 0.1) is 5.56 Å². The summed E-state index contributed by atoms with van der Waals surface area (Å²) < 4.78 is 24.7. The molecule has 0 saturated heterocycles. The summed E-state index contributed by atoms with van der Waals surface area (Å²) in [6.07, 6.45) is 0. The van der Waals surface area contributed by atoms with E-state index < -0.39 is 19.3 Å². The Bertz CT molecular complexity index is 366. The van der Waals surface area contributed by atoms with Crippen LogP contribution in [0.5, 0.6) is 0 Å². The van der Waals surface area contributed by atoms with E-state index in [1.54, 1.807) is 0 Å². The SMILES string of the molecule is NC(=O)c1cc(CF)c(CF)cc1N. The van der Waals surface area contributed by atoms with Crippen LogP contribution in [0.4, 0.5) is 14.5 Å². The summed E-state index contributed by atoms with van der Waals surface area (Å²) in [6, 6.07) is 2.42. The lowest BCUT2D eigenvalue weighted by Crippen LogP contribution is -2.14. The van der Waals surface area contributed by atoms with Crippen molar-refractivity contribution >= 4 is 11.6 Å². The highest BCUT2D eigenvalue weighted by atomic mass is 19.1. The standard InChI is InChI=1S/C9H10F2N2O/c10-3-5-1-7(9(13)14)8(12)2-6(5)4-11/h1-2H,3-4,12H2,(H2,13,14). The number of primary amides is 1.